The Bertz CT molecular complexity index is 769. The summed E-state index contributed by atoms with van der Waals surface area (Å²) in [6.45, 7) is 2.97. The number of halogens is 4. The van der Waals surface area contributed by atoms with Crippen LogP contribution < -0.4 is 10.6 Å². The van der Waals surface area contributed by atoms with Gasteiger partial charge in [0, 0.05) is 40.8 Å². The molecule has 0 amide bonds. The van der Waals surface area contributed by atoms with Gasteiger partial charge in [0.25, 0.3) is 0 Å². The van der Waals surface area contributed by atoms with Gasteiger partial charge in [-0.05, 0) is 12.5 Å². The lowest BCUT2D eigenvalue weighted by molar-refractivity contribution is -0.140. The summed E-state index contributed by atoms with van der Waals surface area (Å²) < 4.78 is 49.8. The van der Waals surface area contributed by atoms with Gasteiger partial charge in [-0.15, -0.1) is 35.3 Å². The van der Waals surface area contributed by atoms with Crippen LogP contribution in [0.25, 0.3) is 0 Å². The first-order chi connectivity index (χ1) is 12.9. The van der Waals surface area contributed by atoms with Gasteiger partial charge in [0.2, 0.25) is 0 Å². The van der Waals surface area contributed by atoms with Crippen molar-refractivity contribution in [2.24, 2.45) is 4.99 Å². The molecule has 2 aromatic rings. The van der Waals surface area contributed by atoms with E-state index < -0.39 is 22.7 Å². The summed E-state index contributed by atoms with van der Waals surface area (Å²) in [5.74, 6) is 1.38. The van der Waals surface area contributed by atoms with E-state index in [1.165, 1.54) is 0 Å². The molecule has 156 valence electrons. The smallest absolute Gasteiger partial charge is 0.357 e. The number of benzene rings is 1. The lowest BCUT2D eigenvalue weighted by Crippen LogP contribution is -2.39. The van der Waals surface area contributed by atoms with Crippen LogP contribution in [0, 0.1) is 0 Å². The van der Waals surface area contributed by atoms with Crippen LogP contribution in [-0.4, -0.2) is 34.0 Å². The van der Waals surface area contributed by atoms with Crippen molar-refractivity contribution in [1.82, 2.24) is 15.6 Å². The highest BCUT2D eigenvalue weighted by Gasteiger charge is 2.33. The molecular formula is C17H22F3IN4OS2. The third kappa shape index (κ3) is 8.86. The summed E-state index contributed by atoms with van der Waals surface area (Å²) in [7, 11) is -1.02. The molecular weight excluding hydrogens is 524 g/mol. The van der Waals surface area contributed by atoms with Crippen LogP contribution >= 0.6 is 35.3 Å². The van der Waals surface area contributed by atoms with E-state index in [4.69, 9.17) is 0 Å². The molecule has 1 atom stereocenters. The Balaban J connectivity index is 0.00000392. The molecule has 11 heteroatoms. The summed E-state index contributed by atoms with van der Waals surface area (Å²) in [6.07, 6.45) is -4.44. The van der Waals surface area contributed by atoms with Crippen molar-refractivity contribution in [1.29, 1.82) is 0 Å². The summed E-state index contributed by atoms with van der Waals surface area (Å²) in [5, 5.41) is 7.32. The Kier molecular flexibility index (Phi) is 11.0. The number of aromatic nitrogens is 1. The maximum absolute atomic E-state index is 12.6. The maximum Gasteiger partial charge on any atom is 0.434 e. The Hall–Kier alpha value is -1.21. The average Bonchev–Trinajstić information content (AvgIpc) is 3.10. The SMILES string of the molecule is CCNC(=NCc1nc(C(F)(F)F)cs1)NCCS(=O)Cc1ccccc1.I. The first-order valence-corrected chi connectivity index (χ1v) is 10.7. The van der Waals surface area contributed by atoms with Crippen LogP contribution in [0.3, 0.4) is 0 Å². The highest BCUT2D eigenvalue weighted by atomic mass is 127. The quantitative estimate of drug-likeness (QED) is 0.301. The van der Waals surface area contributed by atoms with E-state index in [2.05, 4.69) is 20.6 Å². The second-order valence-corrected chi connectivity index (χ2v) is 8.04. The fourth-order valence-electron chi connectivity index (χ4n) is 2.12. The predicted molar refractivity (Wildman–Crippen MR) is 119 cm³/mol. The number of thiazole rings is 1. The minimum atomic E-state index is -4.44. The van der Waals surface area contributed by atoms with E-state index in [0.29, 0.717) is 30.6 Å². The molecule has 5 nitrogen and oxygen atoms in total. The largest absolute Gasteiger partial charge is 0.434 e. The van der Waals surface area contributed by atoms with E-state index >= 15 is 0 Å². The fourth-order valence-corrected chi connectivity index (χ4v) is 3.88. The molecule has 1 aromatic heterocycles. The summed E-state index contributed by atoms with van der Waals surface area (Å²) >= 11 is 0.924. The van der Waals surface area contributed by atoms with Gasteiger partial charge in [0.05, 0.1) is 6.54 Å². The Labute approximate surface area is 185 Å². The zero-order valence-corrected chi connectivity index (χ0v) is 19.1. The summed E-state index contributed by atoms with van der Waals surface area (Å²) in [5.41, 5.74) is 0.118. The highest BCUT2D eigenvalue weighted by Crippen LogP contribution is 2.30. The second kappa shape index (κ2) is 12.4. The van der Waals surface area contributed by atoms with Gasteiger partial charge < -0.3 is 10.6 Å². The lowest BCUT2D eigenvalue weighted by Gasteiger charge is -2.11. The molecule has 0 radical (unpaired) electrons. The van der Waals surface area contributed by atoms with Crippen molar-refractivity contribution in [2.45, 2.75) is 25.4 Å². The van der Waals surface area contributed by atoms with Crippen molar-refractivity contribution < 1.29 is 17.4 Å². The van der Waals surface area contributed by atoms with E-state index in [1.807, 2.05) is 37.3 Å². The minimum absolute atomic E-state index is 0. The van der Waals surface area contributed by atoms with Crippen molar-refractivity contribution in [3.8, 4) is 0 Å². The normalized spacial score (nSPS) is 12.9. The van der Waals surface area contributed by atoms with Crippen LogP contribution in [0.1, 0.15) is 23.2 Å². The molecule has 1 heterocycles. The second-order valence-electron chi connectivity index (χ2n) is 5.52. The van der Waals surface area contributed by atoms with Crippen molar-refractivity contribution in [2.75, 3.05) is 18.8 Å². The molecule has 0 aliphatic carbocycles. The van der Waals surface area contributed by atoms with Crippen molar-refractivity contribution in [3.05, 3.63) is 52.0 Å². The molecule has 0 bridgehead atoms. The maximum atomic E-state index is 12.6. The Morgan fingerprint density at radius 3 is 2.57 bits per heavy atom. The molecule has 2 rings (SSSR count). The Morgan fingerprint density at radius 2 is 1.96 bits per heavy atom. The van der Waals surface area contributed by atoms with Gasteiger partial charge in [-0.25, -0.2) is 9.98 Å². The number of nitrogens with zero attached hydrogens (tertiary/aromatic N) is 2. The standard InChI is InChI=1S/C17H21F3N4OS2.HI/c1-2-21-16(23-10-15-24-14(11-26-15)17(18,19)20)22-8-9-27(25)12-13-6-4-3-5-7-13;/h3-7,11H,2,8-10,12H2,1H3,(H2,21,22,23);1H. The van der Waals surface area contributed by atoms with Gasteiger partial charge in [-0.1, -0.05) is 30.3 Å². The highest BCUT2D eigenvalue weighted by molar-refractivity contribution is 14.0. The number of guanidine groups is 1. The van der Waals surface area contributed by atoms with Crippen LogP contribution in [0.2, 0.25) is 0 Å². The van der Waals surface area contributed by atoms with Crippen molar-refractivity contribution >= 4 is 52.1 Å². The van der Waals surface area contributed by atoms with Gasteiger partial charge in [0.1, 0.15) is 5.01 Å². The third-order valence-electron chi connectivity index (χ3n) is 3.35. The minimum Gasteiger partial charge on any atom is -0.357 e. The van der Waals surface area contributed by atoms with Crippen LogP contribution in [0.15, 0.2) is 40.7 Å². The number of alkyl halides is 3. The number of hydrogen-bond acceptors (Lipinski definition) is 4. The first kappa shape index (κ1) is 24.8. The van der Waals surface area contributed by atoms with Gasteiger partial charge in [-0.2, -0.15) is 13.2 Å². The fraction of sp³-hybridized carbons (Fsp3) is 0.412. The number of aliphatic imine (C=N–C) groups is 1. The lowest BCUT2D eigenvalue weighted by atomic mass is 10.2. The Morgan fingerprint density at radius 1 is 1.25 bits per heavy atom. The van der Waals surface area contributed by atoms with Crippen LogP contribution in [0.5, 0.6) is 0 Å². The number of nitrogens with one attached hydrogen (secondary N) is 2. The first-order valence-electron chi connectivity index (χ1n) is 8.31. The van der Waals surface area contributed by atoms with E-state index in [9.17, 15) is 17.4 Å². The topological polar surface area (TPSA) is 66.4 Å². The summed E-state index contributed by atoms with van der Waals surface area (Å²) in [6, 6.07) is 9.58. The molecule has 0 aliphatic rings. The van der Waals surface area contributed by atoms with E-state index in [-0.39, 0.29) is 35.5 Å². The molecule has 1 unspecified atom stereocenters. The van der Waals surface area contributed by atoms with Crippen molar-refractivity contribution in [3.63, 3.8) is 0 Å². The molecule has 2 N–H and O–H groups in total. The van der Waals surface area contributed by atoms with Gasteiger partial charge >= 0.3 is 6.18 Å². The average molecular weight is 546 g/mol. The van der Waals surface area contributed by atoms with Gasteiger partial charge in [-0.3, -0.25) is 4.21 Å². The molecule has 0 aliphatic heterocycles. The molecule has 0 spiro atoms. The zero-order chi connectivity index (χ0) is 19.7. The molecule has 0 saturated carbocycles. The molecule has 1 aromatic carbocycles. The number of rotatable bonds is 8. The monoisotopic (exact) mass is 546 g/mol. The predicted octanol–water partition coefficient (Wildman–Crippen LogP) is 3.78. The third-order valence-corrected chi connectivity index (χ3v) is 5.50. The summed E-state index contributed by atoms with van der Waals surface area (Å²) in [4.78, 5) is 7.79. The number of hydrogen-bond donors (Lipinski definition) is 2. The molecule has 0 fully saturated rings. The van der Waals surface area contributed by atoms with Gasteiger partial charge in [0.15, 0.2) is 11.7 Å². The van der Waals surface area contributed by atoms with E-state index in [1.54, 1.807) is 0 Å². The van der Waals surface area contributed by atoms with Crippen LogP contribution in [-0.2, 0) is 29.3 Å². The van der Waals surface area contributed by atoms with Crippen LogP contribution in [0.4, 0.5) is 13.2 Å². The molecule has 28 heavy (non-hydrogen) atoms. The molecule has 0 saturated heterocycles. The van der Waals surface area contributed by atoms with E-state index in [0.717, 1.165) is 22.3 Å². The zero-order valence-electron chi connectivity index (χ0n) is 15.2.